The Kier molecular flexibility index (Phi) is 3.97. The topological polar surface area (TPSA) is 27.7 Å². The summed E-state index contributed by atoms with van der Waals surface area (Å²) in [6.07, 6.45) is 0.909. The van der Waals surface area contributed by atoms with Gasteiger partial charge >= 0.3 is 0 Å². The number of hydrogen-bond acceptors (Lipinski definition) is 3. The van der Waals surface area contributed by atoms with E-state index in [9.17, 15) is 0 Å². The molecule has 1 atom stereocenters. The van der Waals surface area contributed by atoms with Crippen LogP contribution in [-0.2, 0) is 11.8 Å². The molecule has 0 saturated heterocycles. The summed E-state index contributed by atoms with van der Waals surface area (Å²) in [5, 5.41) is 0. The van der Waals surface area contributed by atoms with E-state index < -0.39 is 0 Å². The highest BCUT2D eigenvalue weighted by molar-refractivity contribution is 5.53. The second kappa shape index (κ2) is 5.80. The van der Waals surface area contributed by atoms with Gasteiger partial charge in [-0.2, -0.15) is 0 Å². The normalized spacial score (nSPS) is 16.7. The van der Waals surface area contributed by atoms with Gasteiger partial charge < -0.3 is 14.2 Å². The smallest absolute Gasteiger partial charge is 0.128 e. The lowest BCUT2D eigenvalue weighted by Crippen LogP contribution is -2.13. The zero-order valence-electron chi connectivity index (χ0n) is 14.5. The molecular weight excluding hydrogens is 288 g/mol. The van der Waals surface area contributed by atoms with E-state index in [2.05, 4.69) is 45.0 Å². The summed E-state index contributed by atoms with van der Waals surface area (Å²) in [7, 11) is 3.39. The van der Waals surface area contributed by atoms with Gasteiger partial charge in [0.2, 0.25) is 0 Å². The maximum absolute atomic E-state index is 6.33. The van der Waals surface area contributed by atoms with Gasteiger partial charge in [0.1, 0.15) is 23.4 Å². The zero-order chi connectivity index (χ0) is 16.6. The molecule has 0 saturated carbocycles. The minimum atomic E-state index is 0.00736. The predicted molar refractivity (Wildman–Crippen MR) is 91.8 cm³/mol. The molecule has 122 valence electrons. The van der Waals surface area contributed by atoms with E-state index in [1.807, 2.05) is 12.1 Å². The van der Waals surface area contributed by atoms with Crippen LogP contribution in [0.5, 0.6) is 17.2 Å². The van der Waals surface area contributed by atoms with E-state index in [0.29, 0.717) is 0 Å². The van der Waals surface area contributed by atoms with Gasteiger partial charge in [-0.05, 0) is 35.2 Å². The third-order valence-corrected chi connectivity index (χ3v) is 4.34. The van der Waals surface area contributed by atoms with Crippen molar-refractivity contribution < 1.29 is 14.2 Å². The number of rotatable bonds is 3. The van der Waals surface area contributed by atoms with Gasteiger partial charge in [-0.1, -0.05) is 32.9 Å². The highest BCUT2D eigenvalue weighted by Gasteiger charge is 2.31. The van der Waals surface area contributed by atoms with Crippen molar-refractivity contribution in [3.63, 3.8) is 0 Å². The summed E-state index contributed by atoms with van der Waals surface area (Å²) >= 11 is 0. The van der Waals surface area contributed by atoms with E-state index in [1.54, 1.807) is 14.2 Å². The van der Waals surface area contributed by atoms with Gasteiger partial charge in [0.05, 0.1) is 14.2 Å². The number of methoxy groups -OCH3 is 2. The van der Waals surface area contributed by atoms with Gasteiger partial charge in [-0.3, -0.25) is 0 Å². The largest absolute Gasteiger partial charge is 0.497 e. The summed E-state index contributed by atoms with van der Waals surface area (Å²) in [5.74, 6) is 2.77. The van der Waals surface area contributed by atoms with Crippen LogP contribution in [0.15, 0.2) is 36.4 Å². The highest BCUT2D eigenvalue weighted by atomic mass is 16.5. The molecule has 1 heterocycles. The van der Waals surface area contributed by atoms with Crippen LogP contribution in [0, 0.1) is 0 Å². The minimum absolute atomic E-state index is 0.00736. The van der Waals surface area contributed by atoms with Crippen molar-refractivity contribution in [2.45, 2.75) is 38.7 Å². The molecule has 0 fully saturated rings. The SMILES string of the molecule is COc1ccc(C2Cc3cc(OC)cc(C(C)(C)C)c3O2)cc1. The molecule has 3 rings (SSSR count). The van der Waals surface area contributed by atoms with Gasteiger partial charge in [-0.25, -0.2) is 0 Å². The van der Waals surface area contributed by atoms with Crippen molar-refractivity contribution in [1.82, 2.24) is 0 Å². The van der Waals surface area contributed by atoms with Crippen LogP contribution in [0.25, 0.3) is 0 Å². The van der Waals surface area contributed by atoms with Gasteiger partial charge in [-0.15, -0.1) is 0 Å². The van der Waals surface area contributed by atoms with Crippen molar-refractivity contribution in [2.75, 3.05) is 14.2 Å². The van der Waals surface area contributed by atoms with Crippen LogP contribution in [0.4, 0.5) is 0 Å². The third kappa shape index (κ3) is 3.00. The Hall–Kier alpha value is -2.16. The molecule has 1 aliphatic rings. The molecule has 1 unspecified atom stereocenters. The molecular formula is C20H24O3. The van der Waals surface area contributed by atoms with Gasteiger partial charge in [0.15, 0.2) is 0 Å². The first kappa shape index (κ1) is 15.7. The molecule has 1 aliphatic heterocycles. The van der Waals surface area contributed by atoms with Crippen LogP contribution in [0.1, 0.15) is 43.6 Å². The van der Waals surface area contributed by atoms with Crippen LogP contribution >= 0.6 is 0 Å². The molecule has 0 aromatic heterocycles. The molecule has 0 radical (unpaired) electrons. The lowest BCUT2D eigenvalue weighted by Gasteiger charge is -2.23. The van der Waals surface area contributed by atoms with Crippen molar-refractivity contribution in [3.05, 3.63) is 53.1 Å². The Morgan fingerprint density at radius 1 is 0.957 bits per heavy atom. The highest BCUT2D eigenvalue weighted by Crippen LogP contribution is 2.45. The Labute approximate surface area is 138 Å². The predicted octanol–water partition coefficient (Wildman–Crippen LogP) is 4.68. The molecule has 0 spiro atoms. The number of benzene rings is 2. The summed E-state index contributed by atoms with van der Waals surface area (Å²) in [5.41, 5.74) is 3.59. The second-order valence-corrected chi connectivity index (χ2v) is 7.00. The molecule has 0 amide bonds. The first-order chi connectivity index (χ1) is 10.9. The molecule has 0 N–H and O–H groups in total. The first-order valence-electron chi connectivity index (χ1n) is 7.94. The van der Waals surface area contributed by atoms with Crippen molar-refractivity contribution in [3.8, 4) is 17.2 Å². The average Bonchev–Trinajstić information content (AvgIpc) is 2.96. The van der Waals surface area contributed by atoms with E-state index in [4.69, 9.17) is 14.2 Å². The van der Waals surface area contributed by atoms with Gasteiger partial charge in [0, 0.05) is 17.5 Å². The molecule has 0 bridgehead atoms. The summed E-state index contributed by atoms with van der Waals surface area (Å²) in [6.45, 7) is 6.60. The fourth-order valence-electron chi connectivity index (χ4n) is 3.01. The van der Waals surface area contributed by atoms with Crippen molar-refractivity contribution >= 4 is 0 Å². The third-order valence-electron chi connectivity index (χ3n) is 4.34. The monoisotopic (exact) mass is 312 g/mol. The van der Waals surface area contributed by atoms with Crippen LogP contribution < -0.4 is 14.2 Å². The summed E-state index contributed by atoms with van der Waals surface area (Å²) in [6, 6.07) is 12.3. The Morgan fingerprint density at radius 2 is 1.61 bits per heavy atom. The van der Waals surface area contributed by atoms with E-state index in [0.717, 1.165) is 23.7 Å². The number of fused-ring (bicyclic) bond motifs is 1. The average molecular weight is 312 g/mol. The number of hydrogen-bond donors (Lipinski definition) is 0. The Bertz CT molecular complexity index is 696. The Balaban J connectivity index is 1.96. The molecule has 3 nitrogen and oxygen atoms in total. The maximum atomic E-state index is 6.33. The fourth-order valence-corrected chi connectivity index (χ4v) is 3.01. The molecule has 2 aromatic rings. The van der Waals surface area contributed by atoms with E-state index in [1.165, 1.54) is 16.7 Å². The molecule has 2 aromatic carbocycles. The second-order valence-electron chi connectivity index (χ2n) is 7.00. The van der Waals surface area contributed by atoms with E-state index >= 15 is 0 Å². The standard InChI is InChI=1S/C20H24O3/c1-20(2,3)17-12-16(22-5)10-14-11-18(23-19(14)17)13-6-8-15(21-4)9-7-13/h6-10,12,18H,11H2,1-5H3. The van der Waals surface area contributed by atoms with Crippen molar-refractivity contribution in [2.24, 2.45) is 0 Å². The molecule has 0 aliphatic carbocycles. The summed E-state index contributed by atoms with van der Waals surface area (Å²) in [4.78, 5) is 0. The van der Waals surface area contributed by atoms with Crippen LogP contribution in [-0.4, -0.2) is 14.2 Å². The van der Waals surface area contributed by atoms with Crippen molar-refractivity contribution in [1.29, 1.82) is 0 Å². The first-order valence-corrected chi connectivity index (χ1v) is 7.94. The summed E-state index contributed by atoms with van der Waals surface area (Å²) < 4.78 is 17.0. The lowest BCUT2D eigenvalue weighted by atomic mass is 9.85. The minimum Gasteiger partial charge on any atom is -0.497 e. The molecule has 3 heteroatoms. The van der Waals surface area contributed by atoms with E-state index in [-0.39, 0.29) is 11.5 Å². The lowest BCUT2D eigenvalue weighted by molar-refractivity contribution is 0.234. The van der Waals surface area contributed by atoms with Gasteiger partial charge in [0.25, 0.3) is 0 Å². The quantitative estimate of drug-likeness (QED) is 0.824. The fraction of sp³-hybridized carbons (Fsp3) is 0.400. The number of ether oxygens (including phenoxy) is 3. The zero-order valence-corrected chi connectivity index (χ0v) is 14.5. The molecule has 23 heavy (non-hydrogen) atoms. The Morgan fingerprint density at radius 3 is 2.17 bits per heavy atom. The van der Waals surface area contributed by atoms with Crippen LogP contribution in [0.3, 0.4) is 0 Å². The van der Waals surface area contributed by atoms with Crippen LogP contribution in [0.2, 0.25) is 0 Å². The maximum Gasteiger partial charge on any atom is 0.128 e.